The van der Waals surface area contributed by atoms with Crippen LogP contribution in [0, 0.1) is 20.2 Å². The summed E-state index contributed by atoms with van der Waals surface area (Å²) in [6.45, 7) is 0. The van der Waals surface area contributed by atoms with Crippen molar-refractivity contribution in [1.82, 2.24) is 10.2 Å². The molecule has 0 saturated heterocycles. The summed E-state index contributed by atoms with van der Waals surface area (Å²) in [5.74, 6) is -0.0971. The minimum absolute atomic E-state index is 0.142. The van der Waals surface area contributed by atoms with Gasteiger partial charge in [0.05, 0.1) is 22.5 Å². The second kappa shape index (κ2) is 8.80. The molecule has 0 spiro atoms. The Kier molecular flexibility index (Phi) is 6.18. The van der Waals surface area contributed by atoms with Crippen LogP contribution in [0.5, 0.6) is 5.75 Å². The molecular weight excluding hydrogens is 438 g/mol. The average molecular weight is 450 g/mol. The summed E-state index contributed by atoms with van der Waals surface area (Å²) in [5, 5.41) is 32.6. The van der Waals surface area contributed by atoms with E-state index in [1.807, 2.05) is 12.1 Å². The van der Waals surface area contributed by atoms with Gasteiger partial charge in [-0.05, 0) is 17.7 Å². The number of rotatable bonds is 7. The number of ether oxygens (including phenoxy) is 1. The molecule has 3 rings (SSSR count). The summed E-state index contributed by atoms with van der Waals surface area (Å²) in [4.78, 5) is 32.8. The summed E-state index contributed by atoms with van der Waals surface area (Å²) in [5.41, 5.74) is -0.833. The Morgan fingerprint density at radius 2 is 1.73 bits per heavy atom. The maximum atomic E-state index is 12.4. The normalized spacial score (nSPS) is 10.5. The number of nitro benzene ring substituents is 2. The summed E-state index contributed by atoms with van der Waals surface area (Å²) >= 11 is 6.80. The summed E-state index contributed by atoms with van der Waals surface area (Å²) < 4.78 is 5.10. The first-order valence-corrected chi connectivity index (χ1v) is 9.37. The second-order valence-corrected chi connectivity index (χ2v) is 7.26. The Labute approximate surface area is 177 Å². The van der Waals surface area contributed by atoms with E-state index in [1.165, 1.54) is 0 Å². The van der Waals surface area contributed by atoms with Crippen molar-refractivity contribution in [3.05, 3.63) is 77.8 Å². The Hall–Kier alpha value is -3.64. The third-order valence-corrected chi connectivity index (χ3v) is 5.12. The van der Waals surface area contributed by atoms with Crippen molar-refractivity contribution in [2.45, 2.75) is 6.42 Å². The number of hydrogen-bond donors (Lipinski definition) is 1. The SMILES string of the molecule is COc1ccc(Cc2nnc(NC(=O)c3cc([N+](=O)[O-])c(Cl)c([N+](=O)[O-])c3)s2)cc1. The van der Waals surface area contributed by atoms with E-state index in [2.05, 4.69) is 15.5 Å². The van der Waals surface area contributed by atoms with Crippen molar-refractivity contribution in [1.29, 1.82) is 0 Å². The van der Waals surface area contributed by atoms with Crippen LogP contribution in [-0.2, 0) is 6.42 Å². The predicted molar refractivity (Wildman–Crippen MR) is 108 cm³/mol. The topological polar surface area (TPSA) is 150 Å². The number of nitrogens with one attached hydrogen (secondary N) is 1. The zero-order valence-corrected chi connectivity index (χ0v) is 16.8. The van der Waals surface area contributed by atoms with E-state index >= 15 is 0 Å². The number of carbonyl (C=O) groups excluding carboxylic acids is 1. The van der Waals surface area contributed by atoms with Crippen molar-refractivity contribution in [2.75, 3.05) is 12.4 Å². The zero-order chi connectivity index (χ0) is 21.8. The van der Waals surface area contributed by atoms with Crippen molar-refractivity contribution >= 4 is 45.4 Å². The molecule has 0 aliphatic carbocycles. The van der Waals surface area contributed by atoms with Gasteiger partial charge in [-0.2, -0.15) is 0 Å². The monoisotopic (exact) mass is 449 g/mol. The quantitative estimate of drug-likeness (QED) is 0.421. The van der Waals surface area contributed by atoms with Gasteiger partial charge in [0.15, 0.2) is 5.02 Å². The largest absolute Gasteiger partial charge is 0.497 e. The van der Waals surface area contributed by atoms with Gasteiger partial charge in [-0.15, -0.1) is 10.2 Å². The van der Waals surface area contributed by atoms with E-state index < -0.39 is 32.2 Å². The Bertz CT molecular complexity index is 1100. The van der Waals surface area contributed by atoms with Gasteiger partial charge in [-0.3, -0.25) is 30.3 Å². The van der Waals surface area contributed by atoms with Gasteiger partial charge in [0.25, 0.3) is 17.3 Å². The summed E-state index contributed by atoms with van der Waals surface area (Å²) in [6.07, 6.45) is 0.468. The molecule has 3 aromatic rings. The molecule has 0 aliphatic rings. The number of carbonyl (C=O) groups is 1. The maximum Gasteiger partial charge on any atom is 0.295 e. The zero-order valence-electron chi connectivity index (χ0n) is 15.2. The predicted octanol–water partition coefficient (Wildman–Crippen LogP) is 3.86. The van der Waals surface area contributed by atoms with E-state index in [1.54, 1.807) is 19.2 Å². The summed E-state index contributed by atoms with van der Waals surface area (Å²) in [6, 6.07) is 9.07. The molecule has 0 fully saturated rings. The van der Waals surface area contributed by atoms with Gasteiger partial charge in [0, 0.05) is 18.6 Å². The number of halogens is 1. The van der Waals surface area contributed by atoms with Crippen LogP contribution in [0.3, 0.4) is 0 Å². The first kappa shape index (κ1) is 21.1. The molecule has 0 atom stereocenters. The number of anilines is 1. The standard InChI is InChI=1S/C17H12ClN5O6S/c1-29-11-4-2-9(3-5-11)6-14-20-21-17(30-14)19-16(24)10-7-12(22(25)26)15(18)13(8-10)23(27)28/h2-5,7-8H,6H2,1H3,(H,19,21,24). The fourth-order valence-corrected chi connectivity index (χ4v) is 3.47. The first-order valence-electron chi connectivity index (χ1n) is 8.17. The number of aromatic nitrogens is 2. The minimum Gasteiger partial charge on any atom is -0.497 e. The highest BCUT2D eigenvalue weighted by Crippen LogP contribution is 2.35. The van der Waals surface area contributed by atoms with E-state index in [4.69, 9.17) is 16.3 Å². The molecule has 1 heterocycles. The number of benzene rings is 2. The van der Waals surface area contributed by atoms with Gasteiger partial charge >= 0.3 is 0 Å². The molecule has 13 heteroatoms. The van der Waals surface area contributed by atoms with Crippen LogP contribution < -0.4 is 10.1 Å². The maximum absolute atomic E-state index is 12.4. The molecular formula is C17H12ClN5O6S. The van der Waals surface area contributed by atoms with Crippen molar-refractivity contribution < 1.29 is 19.4 Å². The van der Waals surface area contributed by atoms with Gasteiger partial charge in [-0.25, -0.2) is 0 Å². The van der Waals surface area contributed by atoms with Crippen molar-refractivity contribution in [3.8, 4) is 5.75 Å². The highest BCUT2D eigenvalue weighted by atomic mass is 35.5. The number of nitro groups is 2. The van der Waals surface area contributed by atoms with Crippen molar-refractivity contribution in [3.63, 3.8) is 0 Å². The highest BCUT2D eigenvalue weighted by Gasteiger charge is 2.27. The lowest BCUT2D eigenvalue weighted by Crippen LogP contribution is -2.12. The van der Waals surface area contributed by atoms with E-state index in [9.17, 15) is 25.0 Å². The lowest BCUT2D eigenvalue weighted by atomic mass is 10.1. The third-order valence-electron chi connectivity index (χ3n) is 3.89. The molecule has 1 aromatic heterocycles. The number of methoxy groups -OCH3 is 1. The highest BCUT2D eigenvalue weighted by molar-refractivity contribution is 7.15. The lowest BCUT2D eigenvalue weighted by molar-refractivity contribution is -0.393. The molecule has 1 amide bonds. The summed E-state index contributed by atoms with van der Waals surface area (Å²) in [7, 11) is 1.57. The molecule has 11 nitrogen and oxygen atoms in total. The van der Waals surface area contributed by atoms with Crippen LogP contribution in [0.1, 0.15) is 20.9 Å². The van der Waals surface area contributed by atoms with E-state index in [-0.39, 0.29) is 10.7 Å². The second-order valence-electron chi connectivity index (χ2n) is 5.82. The molecule has 0 radical (unpaired) electrons. The molecule has 0 saturated carbocycles. The fourth-order valence-electron chi connectivity index (χ4n) is 2.45. The fraction of sp³-hybridized carbons (Fsp3) is 0.118. The molecule has 0 bridgehead atoms. The number of nitrogens with zero attached hydrogens (tertiary/aromatic N) is 4. The molecule has 1 N–H and O–H groups in total. The van der Waals surface area contributed by atoms with Gasteiger partial charge in [-0.1, -0.05) is 35.1 Å². The molecule has 2 aromatic carbocycles. The van der Waals surface area contributed by atoms with Crippen LogP contribution >= 0.6 is 22.9 Å². The van der Waals surface area contributed by atoms with Crippen LogP contribution in [-0.4, -0.2) is 33.1 Å². The third kappa shape index (κ3) is 4.67. The molecule has 0 unspecified atom stereocenters. The van der Waals surface area contributed by atoms with E-state index in [0.717, 1.165) is 34.8 Å². The van der Waals surface area contributed by atoms with Crippen molar-refractivity contribution in [2.24, 2.45) is 0 Å². The molecule has 154 valence electrons. The Morgan fingerprint density at radius 3 is 2.27 bits per heavy atom. The molecule has 30 heavy (non-hydrogen) atoms. The average Bonchev–Trinajstić information content (AvgIpc) is 3.14. The Balaban J connectivity index is 1.78. The lowest BCUT2D eigenvalue weighted by Gasteiger charge is -2.03. The van der Waals surface area contributed by atoms with Gasteiger partial charge < -0.3 is 4.74 Å². The number of hydrogen-bond acceptors (Lipinski definition) is 9. The van der Waals surface area contributed by atoms with E-state index in [0.29, 0.717) is 11.4 Å². The number of amides is 1. The van der Waals surface area contributed by atoms with Crippen LogP contribution in [0.25, 0.3) is 0 Å². The van der Waals surface area contributed by atoms with Gasteiger partial charge in [0.2, 0.25) is 5.13 Å². The van der Waals surface area contributed by atoms with Crippen LogP contribution in [0.2, 0.25) is 5.02 Å². The van der Waals surface area contributed by atoms with Crippen LogP contribution in [0.4, 0.5) is 16.5 Å². The smallest absolute Gasteiger partial charge is 0.295 e. The van der Waals surface area contributed by atoms with Crippen LogP contribution in [0.15, 0.2) is 36.4 Å². The Morgan fingerprint density at radius 1 is 1.13 bits per heavy atom. The first-order chi connectivity index (χ1) is 14.3. The molecule has 0 aliphatic heterocycles. The van der Waals surface area contributed by atoms with Gasteiger partial charge in [0.1, 0.15) is 10.8 Å². The minimum atomic E-state index is -0.899.